The highest BCUT2D eigenvalue weighted by atomic mass is 16.5. The van der Waals surface area contributed by atoms with Gasteiger partial charge in [0.05, 0.1) is 20.3 Å². The van der Waals surface area contributed by atoms with Crippen molar-refractivity contribution in [2.75, 3.05) is 13.7 Å². The molecule has 3 nitrogen and oxygen atoms in total. The zero-order valence-electron chi connectivity index (χ0n) is 13.4. The van der Waals surface area contributed by atoms with Gasteiger partial charge < -0.3 is 9.47 Å². The fourth-order valence-corrected chi connectivity index (χ4v) is 2.24. The van der Waals surface area contributed by atoms with Gasteiger partial charge in [-0.2, -0.15) is 0 Å². The van der Waals surface area contributed by atoms with Gasteiger partial charge in [0.25, 0.3) is 0 Å². The van der Waals surface area contributed by atoms with E-state index in [-0.39, 0.29) is 5.97 Å². The number of ether oxygens (including phenoxy) is 2. The summed E-state index contributed by atoms with van der Waals surface area (Å²) in [6, 6.07) is 20.2. The van der Waals surface area contributed by atoms with Gasteiger partial charge in [-0.25, -0.2) is 4.79 Å². The summed E-state index contributed by atoms with van der Waals surface area (Å²) in [5, 5.41) is 0. The van der Waals surface area contributed by atoms with E-state index in [1.165, 1.54) is 18.7 Å². The van der Waals surface area contributed by atoms with Gasteiger partial charge in [-0.15, -0.1) is 0 Å². The molecule has 2 aromatic rings. The standard InChI is InChI=1S/C20H22O3/c1-22-20(21)14-19(13-12-17-8-4-2-5-9-17)16-23-15-18-10-6-3-7-11-18/h2-11,14H,12-13,15-16H2,1H3/b19-14-. The maximum absolute atomic E-state index is 11.5. The number of hydrogen-bond donors (Lipinski definition) is 0. The summed E-state index contributed by atoms with van der Waals surface area (Å²) < 4.78 is 10.5. The van der Waals surface area contributed by atoms with Crippen LogP contribution in [-0.2, 0) is 27.3 Å². The van der Waals surface area contributed by atoms with E-state index in [0.29, 0.717) is 13.2 Å². The van der Waals surface area contributed by atoms with Crippen molar-refractivity contribution in [3.8, 4) is 0 Å². The molecule has 0 spiro atoms. The predicted molar refractivity (Wildman–Crippen MR) is 91.0 cm³/mol. The highest BCUT2D eigenvalue weighted by molar-refractivity contribution is 5.82. The smallest absolute Gasteiger partial charge is 0.330 e. The number of benzene rings is 2. The third kappa shape index (κ3) is 6.49. The van der Waals surface area contributed by atoms with E-state index >= 15 is 0 Å². The lowest BCUT2D eigenvalue weighted by atomic mass is 10.0. The summed E-state index contributed by atoms with van der Waals surface area (Å²) in [5.41, 5.74) is 3.30. The number of rotatable bonds is 8. The number of aryl methyl sites for hydroxylation is 1. The van der Waals surface area contributed by atoms with E-state index in [1.54, 1.807) is 0 Å². The molecule has 0 fully saturated rings. The van der Waals surface area contributed by atoms with Crippen LogP contribution in [-0.4, -0.2) is 19.7 Å². The first-order valence-corrected chi connectivity index (χ1v) is 7.71. The fourth-order valence-electron chi connectivity index (χ4n) is 2.24. The van der Waals surface area contributed by atoms with Crippen molar-refractivity contribution < 1.29 is 14.3 Å². The van der Waals surface area contributed by atoms with E-state index < -0.39 is 0 Å². The Morgan fingerprint density at radius 2 is 1.57 bits per heavy atom. The molecule has 2 rings (SSSR count). The minimum atomic E-state index is -0.337. The van der Waals surface area contributed by atoms with Crippen LogP contribution in [0.5, 0.6) is 0 Å². The second-order valence-corrected chi connectivity index (χ2v) is 5.29. The number of methoxy groups -OCH3 is 1. The van der Waals surface area contributed by atoms with Gasteiger partial charge in [0.1, 0.15) is 0 Å². The predicted octanol–water partition coefficient (Wildman–Crippen LogP) is 3.94. The highest BCUT2D eigenvalue weighted by Crippen LogP contribution is 2.11. The molecule has 0 N–H and O–H groups in total. The van der Waals surface area contributed by atoms with Crippen LogP contribution in [0.2, 0.25) is 0 Å². The molecule has 3 heteroatoms. The molecule has 0 amide bonds. The Kier molecular flexibility index (Phi) is 7.08. The first-order chi connectivity index (χ1) is 11.3. The number of carbonyl (C=O) groups excluding carboxylic acids is 1. The molecule has 0 saturated heterocycles. The third-order valence-electron chi connectivity index (χ3n) is 3.50. The van der Waals surface area contributed by atoms with Crippen LogP contribution in [0, 0.1) is 0 Å². The first kappa shape index (κ1) is 17.0. The van der Waals surface area contributed by atoms with Gasteiger partial charge in [-0.3, -0.25) is 0 Å². The second kappa shape index (κ2) is 9.59. The summed E-state index contributed by atoms with van der Waals surface area (Å²) in [6.45, 7) is 0.960. The quantitative estimate of drug-likeness (QED) is 0.547. The van der Waals surface area contributed by atoms with Gasteiger partial charge >= 0.3 is 5.97 Å². The van der Waals surface area contributed by atoms with Crippen molar-refractivity contribution in [2.24, 2.45) is 0 Å². The van der Waals surface area contributed by atoms with E-state index in [1.807, 2.05) is 48.5 Å². The molecular weight excluding hydrogens is 288 g/mol. The fraction of sp³-hybridized carbons (Fsp3) is 0.250. The van der Waals surface area contributed by atoms with Crippen molar-refractivity contribution in [3.05, 3.63) is 83.4 Å². The van der Waals surface area contributed by atoms with Crippen molar-refractivity contribution in [3.63, 3.8) is 0 Å². The van der Waals surface area contributed by atoms with Crippen LogP contribution in [0.4, 0.5) is 0 Å². The molecule has 0 unspecified atom stereocenters. The lowest BCUT2D eigenvalue weighted by Gasteiger charge is -2.09. The van der Waals surface area contributed by atoms with Crippen molar-refractivity contribution in [2.45, 2.75) is 19.4 Å². The average molecular weight is 310 g/mol. The molecule has 0 bridgehead atoms. The third-order valence-corrected chi connectivity index (χ3v) is 3.50. The number of hydrogen-bond acceptors (Lipinski definition) is 3. The van der Waals surface area contributed by atoms with E-state index in [0.717, 1.165) is 24.0 Å². The average Bonchev–Trinajstić information content (AvgIpc) is 2.61. The van der Waals surface area contributed by atoms with Crippen LogP contribution in [0.25, 0.3) is 0 Å². The molecule has 0 atom stereocenters. The normalized spacial score (nSPS) is 11.3. The minimum Gasteiger partial charge on any atom is -0.466 e. The molecule has 0 heterocycles. The summed E-state index contributed by atoms with van der Waals surface area (Å²) in [6.07, 6.45) is 3.18. The van der Waals surface area contributed by atoms with Crippen LogP contribution in [0.3, 0.4) is 0 Å². The van der Waals surface area contributed by atoms with Crippen LogP contribution in [0.1, 0.15) is 17.5 Å². The van der Waals surface area contributed by atoms with E-state index in [9.17, 15) is 4.79 Å². The molecule has 0 radical (unpaired) electrons. The summed E-state index contributed by atoms with van der Waals surface area (Å²) in [7, 11) is 1.39. The Balaban J connectivity index is 1.89. The molecule has 23 heavy (non-hydrogen) atoms. The van der Waals surface area contributed by atoms with Gasteiger partial charge in [-0.1, -0.05) is 60.7 Å². The maximum Gasteiger partial charge on any atom is 0.330 e. The lowest BCUT2D eigenvalue weighted by molar-refractivity contribution is -0.134. The van der Waals surface area contributed by atoms with Crippen LogP contribution in [0.15, 0.2) is 72.3 Å². The van der Waals surface area contributed by atoms with Crippen molar-refractivity contribution >= 4 is 5.97 Å². The minimum absolute atomic E-state index is 0.337. The van der Waals surface area contributed by atoms with Crippen LogP contribution >= 0.6 is 0 Å². The van der Waals surface area contributed by atoms with Gasteiger partial charge in [0.2, 0.25) is 0 Å². The maximum atomic E-state index is 11.5. The lowest BCUT2D eigenvalue weighted by Crippen LogP contribution is -2.05. The van der Waals surface area contributed by atoms with Gasteiger partial charge in [0.15, 0.2) is 0 Å². The Morgan fingerprint density at radius 1 is 0.957 bits per heavy atom. The Hall–Kier alpha value is -2.39. The first-order valence-electron chi connectivity index (χ1n) is 7.71. The van der Waals surface area contributed by atoms with Crippen molar-refractivity contribution in [1.82, 2.24) is 0 Å². The summed E-state index contributed by atoms with van der Waals surface area (Å²) in [5.74, 6) is -0.337. The number of esters is 1. The van der Waals surface area contributed by atoms with Gasteiger partial charge in [0, 0.05) is 6.08 Å². The zero-order chi connectivity index (χ0) is 16.3. The van der Waals surface area contributed by atoms with Crippen LogP contribution < -0.4 is 0 Å². The summed E-state index contributed by atoms with van der Waals surface area (Å²) >= 11 is 0. The zero-order valence-corrected chi connectivity index (χ0v) is 13.4. The molecule has 0 aliphatic heterocycles. The molecule has 0 aromatic heterocycles. The van der Waals surface area contributed by atoms with E-state index in [2.05, 4.69) is 12.1 Å². The van der Waals surface area contributed by atoms with Gasteiger partial charge in [-0.05, 0) is 29.5 Å². The molecule has 0 aliphatic rings. The number of carbonyl (C=O) groups is 1. The second-order valence-electron chi connectivity index (χ2n) is 5.29. The SMILES string of the molecule is COC(=O)/C=C(/CCc1ccccc1)COCc1ccccc1. The molecule has 120 valence electrons. The van der Waals surface area contributed by atoms with E-state index in [4.69, 9.17) is 9.47 Å². The largest absolute Gasteiger partial charge is 0.466 e. The highest BCUT2D eigenvalue weighted by Gasteiger charge is 2.04. The molecular formula is C20H22O3. The topological polar surface area (TPSA) is 35.5 Å². The molecule has 2 aromatic carbocycles. The Bertz CT molecular complexity index is 618. The summed E-state index contributed by atoms with van der Waals surface area (Å²) in [4.78, 5) is 11.5. The molecule has 0 aliphatic carbocycles. The Morgan fingerprint density at radius 3 is 2.17 bits per heavy atom. The Labute approximate surface area is 137 Å². The monoisotopic (exact) mass is 310 g/mol. The van der Waals surface area contributed by atoms with Crippen molar-refractivity contribution in [1.29, 1.82) is 0 Å². The molecule has 0 saturated carbocycles.